The molecule has 0 N–H and O–H groups in total. The molecule has 0 spiro atoms. The zero-order valence-corrected chi connectivity index (χ0v) is 11.3. The molecule has 4 nitrogen and oxygen atoms in total. The SMILES string of the molecule is CCCC[N+](C)(C)[Si](OC)(OC)OC. The number of quaternary nitrogens is 1. The third-order valence-electron chi connectivity index (χ3n) is 2.59. The molecule has 0 aliphatic heterocycles. The third kappa shape index (κ3) is 2.77. The van der Waals surface area contributed by atoms with E-state index in [1.54, 1.807) is 21.3 Å². The van der Waals surface area contributed by atoms with E-state index in [1.807, 2.05) is 0 Å². The van der Waals surface area contributed by atoms with Crippen molar-refractivity contribution in [2.45, 2.75) is 19.8 Å². The van der Waals surface area contributed by atoms with E-state index < -0.39 is 8.97 Å². The number of rotatable bonds is 7. The van der Waals surface area contributed by atoms with Crippen LogP contribution in [0.25, 0.3) is 0 Å². The van der Waals surface area contributed by atoms with Gasteiger partial charge in [0.25, 0.3) is 0 Å². The highest BCUT2D eigenvalue weighted by Crippen LogP contribution is 2.19. The summed E-state index contributed by atoms with van der Waals surface area (Å²) in [4.78, 5) is 0. The van der Waals surface area contributed by atoms with E-state index in [9.17, 15) is 0 Å². The molecule has 86 valence electrons. The van der Waals surface area contributed by atoms with E-state index in [2.05, 4.69) is 21.0 Å². The molecular formula is C9H24NO3Si+. The van der Waals surface area contributed by atoms with E-state index in [-0.39, 0.29) is 0 Å². The van der Waals surface area contributed by atoms with Crippen molar-refractivity contribution in [1.82, 2.24) is 0 Å². The molecule has 0 aliphatic carbocycles. The van der Waals surface area contributed by atoms with Crippen molar-refractivity contribution < 1.29 is 17.4 Å². The summed E-state index contributed by atoms with van der Waals surface area (Å²) in [5.41, 5.74) is 0. The molecule has 0 amide bonds. The van der Waals surface area contributed by atoms with E-state index >= 15 is 0 Å². The molecule has 0 saturated carbocycles. The number of hydrogen-bond donors (Lipinski definition) is 0. The van der Waals surface area contributed by atoms with Crippen molar-refractivity contribution in [3.8, 4) is 0 Å². The fraction of sp³-hybridized carbons (Fsp3) is 1.00. The topological polar surface area (TPSA) is 27.7 Å². The van der Waals surface area contributed by atoms with Crippen molar-refractivity contribution in [3.63, 3.8) is 0 Å². The average Bonchev–Trinajstić information content (AvgIpc) is 2.18. The van der Waals surface area contributed by atoms with Gasteiger partial charge >= 0.3 is 8.97 Å². The Morgan fingerprint density at radius 1 is 1.00 bits per heavy atom. The van der Waals surface area contributed by atoms with Crippen LogP contribution >= 0.6 is 0 Å². The maximum Gasteiger partial charge on any atom is 0.783 e. The van der Waals surface area contributed by atoms with E-state index in [0.29, 0.717) is 4.15 Å². The Labute approximate surface area is 88.8 Å². The first-order valence-electron chi connectivity index (χ1n) is 4.98. The Morgan fingerprint density at radius 2 is 1.43 bits per heavy atom. The van der Waals surface area contributed by atoms with Gasteiger partial charge in [0.15, 0.2) is 0 Å². The first kappa shape index (κ1) is 14.1. The summed E-state index contributed by atoms with van der Waals surface area (Å²) in [6.45, 7) is 3.19. The minimum Gasteiger partial charge on any atom is -0.328 e. The summed E-state index contributed by atoms with van der Waals surface area (Å²) in [5.74, 6) is 0. The van der Waals surface area contributed by atoms with Gasteiger partial charge in [-0.3, -0.25) is 0 Å². The molecule has 0 fully saturated rings. The fourth-order valence-electron chi connectivity index (χ4n) is 1.68. The van der Waals surface area contributed by atoms with Gasteiger partial charge in [-0.2, -0.15) is 0 Å². The van der Waals surface area contributed by atoms with Gasteiger partial charge in [-0.25, -0.2) is 0 Å². The van der Waals surface area contributed by atoms with Gasteiger partial charge < -0.3 is 17.4 Å². The fourth-order valence-corrected chi connectivity index (χ4v) is 4.10. The molecule has 0 aromatic carbocycles. The molecule has 0 aromatic heterocycles. The average molecular weight is 222 g/mol. The standard InChI is InChI=1S/C9H24NO3Si/c1-7-8-9-10(2,3)14(11-4,12-5)13-6/h7-9H2,1-6H3/q+1. The quantitative estimate of drug-likeness (QED) is 0.607. The highest BCUT2D eigenvalue weighted by atomic mass is 28.4. The van der Waals surface area contributed by atoms with Crippen LogP contribution in [0.4, 0.5) is 0 Å². The smallest absolute Gasteiger partial charge is 0.328 e. The van der Waals surface area contributed by atoms with Crippen LogP contribution in [0.2, 0.25) is 0 Å². The Balaban J connectivity index is 4.60. The molecular weight excluding hydrogens is 198 g/mol. The molecule has 0 saturated heterocycles. The highest BCUT2D eigenvalue weighted by molar-refractivity contribution is 6.52. The second kappa shape index (κ2) is 5.82. The summed E-state index contributed by atoms with van der Waals surface area (Å²) < 4.78 is 17.1. The van der Waals surface area contributed by atoms with Crippen LogP contribution in [-0.2, 0) is 13.3 Å². The minimum absolute atomic E-state index is 0.671. The highest BCUT2D eigenvalue weighted by Gasteiger charge is 2.59. The summed E-state index contributed by atoms with van der Waals surface area (Å²) in [5, 5.41) is 0. The maximum absolute atomic E-state index is 5.46. The van der Waals surface area contributed by atoms with E-state index in [0.717, 1.165) is 13.0 Å². The Morgan fingerprint density at radius 3 is 1.71 bits per heavy atom. The van der Waals surface area contributed by atoms with Gasteiger partial charge in [-0.05, 0) is 6.42 Å². The zero-order chi connectivity index (χ0) is 11.2. The third-order valence-corrected chi connectivity index (χ3v) is 5.84. The monoisotopic (exact) mass is 222 g/mol. The lowest BCUT2D eigenvalue weighted by atomic mass is 10.3. The number of nitrogens with zero attached hydrogens (tertiary/aromatic N) is 1. The molecule has 14 heavy (non-hydrogen) atoms. The molecule has 5 heteroatoms. The second-order valence-electron chi connectivity index (χ2n) is 3.90. The largest absolute Gasteiger partial charge is 0.783 e. The lowest BCUT2D eigenvalue weighted by Gasteiger charge is -2.39. The van der Waals surface area contributed by atoms with Crippen LogP contribution in [0, 0.1) is 0 Å². The predicted octanol–water partition coefficient (Wildman–Crippen LogP) is 1.24. The summed E-state index contributed by atoms with van der Waals surface area (Å²) in [7, 11) is 6.62. The van der Waals surface area contributed by atoms with Gasteiger partial charge in [0.2, 0.25) is 0 Å². The molecule has 0 radical (unpaired) electrons. The van der Waals surface area contributed by atoms with Crippen LogP contribution in [-0.4, -0.2) is 55.1 Å². The van der Waals surface area contributed by atoms with Crippen LogP contribution in [0.15, 0.2) is 0 Å². The summed E-state index contributed by atoms with van der Waals surface area (Å²) in [6, 6.07) is 0. The maximum atomic E-state index is 5.46. The lowest BCUT2D eigenvalue weighted by molar-refractivity contribution is -0.819. The molecule has 0 aliphatic rings. The molecule has 0 unspecified atom stereocenters. The van der Waals surface area contributed by atoms with Gasteiger partial charge in [0, 0.05) is 21.3 Å². The van der Waals surface area contributed by atoms with E-state index in [4.69, 9.17) is 13.3 Å². The van der Waals surface area contributed by atoms with Gasteiger partial charge in [-0.1, -0.05) is 13.3 Å². The van der Waals surface area contributed by atoms with Crippen molar-refractivity contribution >= 4 is 8.97 Å². The molecule has 0 bridgehead atoms. The van der Waals surface area contributed by atoms with Crippen LogP contribution in [0.1, 0.15) is 19.8 Å². The normalized spacial score (nSPS) is 13.3. The van der Waals surface area contributed by atoms with Gasteiger partial charge in [0.1, 0.15) is 0 Å². The predicted molar refractivity (Wildman–Crippen MR) is 58.7 cm³/mol. The first-order valence-corrected chi connectivity index (χ1v) is 6.65. The van der Waals surface area contributed by atoms with E-state index in [1.165, 1.54) is 6.42 Å². The van der Waals surface area contributed by atoms with Crippen molar-refractivity contribution in [3.05, 3.63) is 0 Å². The summed E-state index contributed by atoms with van der Waals surface area (Å²) >= 11 is 0. The Kier molecular flexibility index (Phi) is 5.85. The Hall–Kier alpha value is 0.0569. The van der Waals surface area contributed by atoms with Gasteiger partial charge in [-0.15, -0.1) is 0 Å². The molecule has 0 aromatic rings. The van der Waals surface area contributed by atoms with Crippen LogP contribution in [0.3, 0.4) is 0 Å². The molecule has 0 atom stereocenters. The van der Waals surface area contributed by atoms with Crippen molar-refractivity contribution in [1.29, 1.82) is 0 Å². The first-order chi connectivity index (χ1) is 6.49. The van der Waals surface area contributed by atoms with Gasteiger partial charge in [0.05, 0.1) is 20.6 Å². The number of hydrogen-bond acceptors (Lipinski definition) is 3. The number of unbranched alkanes of at least 4 members (excludes halogenated alkanes) is 1. The van der Waals surface area contributed by atoms with Crippen molar-refractivity contribution in [2.75, 3.05) is 42.0 Å². The zero-order valence-electron chi connectivity index (χ0n) is 10.3. The summed E-state index contributed by atoms with van der Waals surface area (Å²) in [6.07, 6.45) is 2.32. The van der Waals surface area contributed by atoms with Crippen LogP contribution in [0.5, 0.6) is 0 Å². The molecule has 0 heterocycles. The van der Waals surface area contributed by atoms with Crippen molar-refractivity contribution in [2.24, 2.45) is 0 Å². The second-order valence-corrected chi connectivity index (χ2v) is 7.38. The van der Waals surface area contributed by atoms with Crippen LogP contribution < -0.4 is 0 Å². The molecule has 0 rings (SSSR count). The lowest BCUT2D eigenvalue weighted by Crippen LogP contribution is -2.68. The minimum atomic E-state index is -2.54. The Bertz CT molecular complexity index is 152.